The maximum atomic E-state index is 5.26. The highest BCUT2D eigenvalue weighted by Crippen LogP contribution is 2.52. The molecule has 0 amide bonds. The van der Waals surface area contributed by atoms with Gasteiger partial charge in [-0.1, -0.05) is 141 Å². The Hall–Kier alpha value is -6.65. The Balaban J connectivity index is 1.16. The third-order valence-electron chi connectivity index (χ3n) is 11.2. The molecule has 52 heavy (non-hydrogen) atoms. The lowest BCUT2D eigenvalue weighted by atomic mass is 9.81. The molecule has 0 saturated heterocycles. The van der Waals surface area contributed by atoms with Gasteiger partial charge < -0.3 is 0 Å². The first kappa shape index (κ1) is 29.1. The van der Waals surface area contributed by atoms with Crippen LogP contribution < -0.4 is 0 Å². The Bertz CT molecular complexity index is 3050. The van der Waals surface area contributed by atoms with Crippen molar-refractivity contribution in [3.63, 3.8) is 0 Å². The molecule has 4 nitrogen and oxygen atoms in total. The predicted molar refractivity (Wildman–Crippen MR) is 215 cm³/mol. The standard InChI is InChI=1S/C48H32N4/c1-48(2)41-25-24-30(26-39(41)40-27-37-33-18-8-6-16-31(33)32-17-7-9-19-34(32)38(37)28-42(40)48)46-49-45(29-14-4-3-5-15-29)50-47(51-46)52-43-22-12-10-20-35(43)36-21-11-13-23-44(36)52/h3-28H,1-2H3. The molecule has 0 unspecified atom stereocenters. The van der Waals surface area contributed by atoms with Gasteiger partial charge in [0.15, 0.2) is 11.6 Å². The van der Waals surface area contributed by atoms with Crippen LogP contribution in [0.3, 0.4) is 0 Å². The van der Waals surface area contributed by atoms with Gasteiger partial charge in [-0.25, -0.2) is 4.98 Å². The highest BCUT2D eigenvalue weighted by molar-refractivity contribution is 6.26. The molecule has 4 heteroatoms. The molecule has 2 heterocycles. The third-order valence-corrected chi connectivity index (χ3v) is 11.2. The number of hydrogen-bond donors (Lipinski definition) is 0. The number of hydrogen-bond acceptors (Lipinski definition) is 3. The molecule has 244 valence electrons. The van der Waals surface area contributed by atoms with Gasteiger partial charge >= 0.3 is 0 Å². The van der Waals surface area contributed by atoms with E-state index >= 15 is 0 Å². The summed E-state index contributed by atoms with van der Waals surface area (Å²) in [5, 5.41) is 10.1. The molecule has 0 saturated carbocycles. The third kappa shape index (κ3) is 4.06. The average molecular weight is 665 g/mol. The number of fused-ring (bicyclic) bond motifs is 12. The molecule has 8 aromatic carbocycles. The first-order valence-electron chi connectivity index (χ1n) is 17.9. The minimum atomic E-state index is -0.174. The fourth-order valence-corrected chi connectivity index (χ4v) is 8.74. The van der Waals surface area contributed by atoms with Crippen LogP contribution in [0.5, 0.6) is 0 Å². The van der Waals surface area contributed by atoms with Crippen LogP contribution in [0.25, 0.3) is 94.0 Å². The number of rotatable bonds is 3. The summed E-state index contributed by atoms with van der Waals surface area (Å²) >= 11 is 0. The summed E-state index contributed by atoms with van der Waals surface area (Å²) in [5.41, 5.74) is 9.04. The summed E-state index contributed by atoms with van der Waals surface area (Å²) < 4.78 is 2.18. The molecule has 1 aliphatic carbocycles. The van der Waals surface area contributed by atoms with Crippen LogP contribution >= 0.6 is 0 Å². The summed E-state index contributed by atoms with van der Waals surface area (Å²) in [7, 11) is 0. The molecule has 10 aromatic rings. The van der Waals surface area contributed by atoms with E-state index in [-0.39, 0.29) is 5.41 Å². The highest BCUT2D eigenvalue weighted by atomic mass is 15.2. The van der Waals surface area contributed by atoms with Crippen LogP contribution in [0, 0.1) is 0 Å². The fraction of sp³-hybridized carbons (Fsp3) is 0.0625. The van der Waals surface area contributed by atoms with Crippen molar-refractivity contribution in [3.05, 3.63) is 169 Å². The Morgan fingerprint density at radius 3 is 1.48 bits per heavy atom. The van der Waals surface area contributed by atoms with Crippen LogP contribution in [0.2, 0.25) is 0 Å². The molecule has 11 rings (SSSR count). The minimum Gasteiger partial charge on any atom is -0.278 e. The lowest BCUT2D eigenvalue weighted by molar-refractivity contribution is 0.661. The first-order valence-corrected chi connectivity index (χ1v) is 17.9. The smallest absolute Gasteiger partial charge is 0.238 e. The number of nitrogens with zero attached hydrogens (tertiary/aromatic N) is 4. The van der Waals surface area contributed by atoms with E-state index in [4.69, 9.17) is 15.0 Å². The van der Waals surface area contributed by atoms with E-state index < -0.39 is 0 Å². The van der Waals surface area contributed by atoms with E-state index in [1.54, 1.807) is 0 Å². The van der Waals surface area contributed by atoms with Crippen LogP contribution in [-0.4, -0.2) is 19.5 Å². The van der Waals surface area contributed by atoms with Crippen LogP contribution in [0.4, 0.5) is 0 Å². The van der Waals surface area contributed by atoms with Crippen LogP contribution in [-0.2, 0) is 5.41 Å². The van der Waals surface area contributed by atoms with E-state index in [9.17, 15) is 0 Å². The van der Waals surface area contributed by atoms with Gasteiger partial charge in [0.1, 0.15) is 0 Å². The van der Waals surface area contributed by atoms with Gasteiger partial charge in [-0.15, -0.1) is 0 Å². The zero-order valence-electron chi connectivity index (χ0n) is 28.8. The van der Waals surface area contributed by atoms with E-state index in [0.717, 1.165) is 22.2 Å². The number of aromatic nitrogens is 4. The second-order valence-electron chi connectivity index (χ2n) is 14.4. The largest absolute Gasteiger partial charge is 0.278 e. The molecule has 0 aliphatic heterocycles. The maximum Gasteiger partial charge on any atom is 0.238 e. The second kappa shape index (κ2) is 10.7. The molecule has 0 spiro atoms. The lowest BCUT2D eigenvalue weighted by Crippen LogP contribution is -2.15. The maximum absolute atomic E-state index is 5.26. The van der Waals surface area contributed by atoms with Gasteiger partial charge in [0.25, 0.3) is 0 Å². The van der Waals surface area contributed by atoms with Gasteiger partial charge in [0.05, 0.1) is 11.0 Å². The first-order chi connectivity index (χ1) is 25.5. The van der Waals surface area contributed by atoms with Gasteiger partial charge in [-0.2, -0.15) is 9.97 Å². The monoisotopic (exact) mass is 664 g/mol. The molecule has 0 atom stereocenters. The molecule has 0 N–H and O–H groups in total. The highest BCUT2D eigenvalue weighted by Gasteiger charge is 2.36. The van der Waals surface area contributed by atoms with Crippen molar-refractivity contribution in [3.8, 4) is 39.9 Å². The summed E-state index contributed by atoms with van der Waals surface area (Å²) in [6.45, 7) is 4.70. The van der Waals surface area contributed by atoms with Crippen molar-refractivity contribution in [1.29, 1.82) is 0 Å². The molecule has 0 bridgehead atoms. The normalized spacial score (nSPS) is 13.3. The fourth-order valence-electron chi connectivity index (χ4n) is 8.74. The van der Waals surface area contributed by atoms with Crippen molar-refractivity contribution in [2.45, 2.75) is 19.3 Å². The Labute approximate surface area is 300 Å². The van der Waals surface area contributed by atoms with Crippen LogP contribution in [0.1, 0.15) is 25.0 Å². The number of para-hydroxylation sites is 2. The van der Waals surface area contributed by atoms with Gasteiger partial charge in [-0.05, 0) is 84.9 Å². The topological polar surface area (TPSA) is 43.6 Å². The lowest BCUT2D eigenvalue weighted by Gasteiger charge is -2.22. The van der Waals surface area contributed by atoms with Gasteiger partial charge in [0, 0.05) is 27.3 Å². The van der Waals surface area contributed by atoms with E-state index in [2.05, 4.69) is 158 Å². The molecule has 0 radical (unpaired) electrons. The summed E-state index contributed by atoms with van der Waals surface area (Å²) in [4.78, 5) is 15.5. The molecule has 2 aromatic heterocycles. The van der Waals surface area contributed by atoms with E-state index in [1.165, 1.54) is 65.3 Å². The summed E-state index contributed by atoms with van der Waals surface area (Å²) in [5.74, 6) is 1.90. The molecule has 1 aliphatic rings. The predicted octanol–water partition coefficient (Wildman–Crippen LogP) is 12.1. The molecule has 0 fully saturated rings. The van der Waals surface area contributed by atoms with Crippen molar-refractivity contribution < 1.29 is 0 Å². The molecular weight excluding hydrogens is 633 g/mol. The van der Waals surface area contributed by atoms with Gasteiger partial charge in [-0.3, -0.25) is 4.57 Å². The SMILES string of the molecule is CC1(C)c2ccc(-c3nc(-c4ccccc4)nc(-n4c5ccccc5c5ccccc54)n3)cc2-c2cc3c4ccccc4c4ccccc4c3cc21. The zero-order valence-corrected chi connectivity index (χ0v) is 28.8. The summed E-state index contributed by atoms with van der Waals surface area (Å²) in [6.07, 6.45) is 0. The average Bonchev–Trinajstić information content (AvgIpc) is 3.65. The van der Waals surface area contributed by atoms with Gasteiger partial charge in [0.2, 0.25) is 5.95 Å². The van der Waals surface area contributed by atoms with E-state index in [1.807, 2.05) is 18.2 Å². The van der Waals surface area contributed by atoms with Crippen molar-refractivity contribution in [1.82, 2.24) is 19.5 Å². The van der Waals surface area contributed by atoms with E-state index in [0.29, 0.717) is 17.6 Å². The van der Waals surface area contributed by atoms with Crippen LogP contribution in [0.15, 0.2) is 158 Å². The molecular formula is C48H32N4. The van der Waals surface area contributed by atoms with Crippen molar-refractivity contribution in [2.75, 3.05) is 0 Å². The Kier molecular flexibility index (Phi) is 5.98. The van der Waals surface area contributed by atoms with Crippen molar-refractivity contribution >= 4 is 54.1 Å². The quantitative estimate of drug-likeness (QED) is 0.177. The summed E-state index contributed by atoms with van der Waals surface area (Å²) in [6, 6.07) is 56.5. The Morgan fingerprint density at radius 2 is 0.865 bits per heavy atom. The Morgan fingerprint density at radius 1 is 0.385 bits per heavy atom. The zero-order chi connectivity index (χ0) is 34.6. The minimum absolute atomic E-state index is 0.174. The number of benzene rings is 8. The second-order valence-corrected chi connectivity index (χ2v) is 14.4. The van der Waals surface area contributed by atoms with Crippen molar-refractivity contribution in [2.24, 2.45) is 0 Å².